The van der Waals surface area contributed by atoms with E-state index in [1.807, 2.05) is 24.3 Å². The highest BCUT2D eigenvalue weighted by atomic mass is 32.1. The number of carboxylic acids is 1. The van der Waals surface area contributed by atoms with Gasteiger partial charge in [-0.15, -0.1) is 11.3 Å². The number of carbonyl (C=O) groups excluding carboxylic acids is 2. The maximum Gasteiger partial charge on any atom is 0.353 e. The first-order chi connectivity index (χ1) is 17.1. The molecule has 3 aromatic carbocycles. The molecule has 0 spiro atoms. The molecule has 0 aliphatic heterocycles. The molecular weight excluding hydrogens is 480 g/mol. The molecule has 0 fully saturated rings. The molecule has 7 nitrogen and oxygen atoms in total. The molecule has 0 saturated carbocycles. The normalized spacial score (nSPS) is 11.1. The lowest BCUT2D eigenvalue weighted by Gasteiger charge is -2.26. The molecule has 0 aliphatic rings. The summed E-state index contributed by atoms with van der Waals surface area (Å²) in [7, 11) is 0. The number of benzene rings is 3. The van der Waals surface area contributed by atoms with Gasteiger partial charge in [0.1, 0.15) is 27.0 Å². The van der Waals surface area contributed by atoms with E-state index in [2.05, 4.69) is 13.8 Å². The number of phenols is 1. The van der Waals surface area contributed by atoms with E-state index in [1.165, 1.54) is 30.3 Å². The summed E-state index contributed by atoms with van der Waals surface area (Å²) in [6.45, 7) is 4.12. The van der Waals surface area contributed by atoms with Gasteiger partial charge >= 0.3 is 17.9 Å². The summed E-state index contributed by atoms with van der Waals surface area (Å²) in [5.41, 5.74) is 1.88. The van der Waals surface area contributed by atoms with E-state index in [9.17, 15) is 19.5 Å². The Kier molecular flexibility index (Phi) is 6.89. The molecule has 8 heteroatoms. The number of carboxylic acid groups (broad SMARTS) is 1. The predicted molar refractivity (Wildman–Crippen MR) is 134 cm³/mol. The number of carbonyl (C=O) groups is 3. The Balaban J connectivity index is 1.43. The number of ether oxygens (including phenoxy) is 2. The lowest BCUT2D eigenvalue weighted by Crippen LogP contribution is -2.18. The summed E-state index contributed by atoms with van der Waals surface area (Å²) in [6, 6.07) is 22.9. The Morgan fingerprint density at radius 3 is 1.92 bits per heavy atom. The molecule has 182 valence electrons. The molecule has 0 aliphatic carbocycles. The van der Waals surface area contributed by atoms with E-state index >= 15 is 0 Å². The topological polar surface area (TPSA) is 110 Å². The number of hydrogen-bond acceptors (Lipinski definition) is 7. The van der Waals surface area contributed by atoms with Gasteiger partial charge in [-0.05, 0) is 65.7 Å². The lowest BCUT2D eigenvalue weighted by molar-refractivity contribution is 0.0699. The first-order valence-corrected chi connectivity index (χ1v) is 11.7. The van der Waals surface area contributed by atoms with Crippen molar-refractivity contribution in [1.29, 1.82) is 0 Å². The minimum absolute atomic E-state index is 0.0248. The molecule has 0 amide bonds. The molecule has 0 radical (unpaired) electrons. The van der Waals surface area contributed by atoms with Gasteiger partial charge in [0, 0.05) is 5.41 Å². The van der Waals surface area contributed by atoms with Crippen molar-refractivity contribution in [1.82, 2.24) is 0 Å². The Hall–Kier alpha value is -4.43. The molecule has 0 bridgehead atoms. The van der Waals surface area contributed by atoms with Crippen LogP contribution < -0.4 is 9.47 Å². The maximum absolute atomic E-state index is 12.7. The van der Waals surface area contributed by atoms with Crippen molar-refractivity contribution in [2.24, 2.45) is 0 Å². The van der Waals surface area contributed by atoms with Crippen LogP contribution in [0.15, 0.2) is 84.9 Å². The van der Waals surface area contributed by atoms with Gasteiger partial charge in [-0.25, -0.2) is 14.4 Å². The second kappa shape index (κ2) is 10.1. The molecule has 36 heavy (non-hydrogen) atoms. The van der Waals surface area contributed by atoms with E-state index in [0.717, 1.165) is 22.5 Å². The Morgan fingerprint density at radius 1 is 0.722 bits per heavy atom. The zero-order valence-corrected chi connectivity index (χ0v) is 20.2. The molecule has 0 saturated heterocycles. The minimum Gasteiger partial charge on any atom is -0.508 e. The summed E-state index contributed by atoms with van der Waals surface area (Å²) in [4.78, 5) is 36.2. The average molecular weight is 503 g/mol. The second-order valence-electron chi connectivity index (χ2n) is 8.47. The van der Waals surface area contributed by atoms with Crippen LogP contribution in [0.1, 0.15) is 54.7 Å². The molecule has 0 atom stereocenters. The highest BCUT2D eigenvalue weighted by Crippen LogP contribution is 2.33. The quantitative estimate of drug-likeness (QED) is 0.239. The number of hydrogen-bond donors (Lipinski definition) is 2. The van der Waals surface area contributed by atoms with Gasteiger partial charge < -0.3 is 19.7 Å². The molecule has 0 unspecified atom stereocenters. The molecular formula is C28H22O7S. The number of phenolic OH excluding ortho intramolecular Hbond substituents is 1. The third-order valence-corrected chi connectivity index (χ3v) is 6.73. The average Bonchev–Trinajstić information content (AvgIpc) is 3.36. The Labute approximate surface area is 211 Å². The first kappa shape index (κ1) is 24.7. The van der Waals surface area contributed by atoms with Gasteiger partial charge in [-0.2, -0.15) is 0 Å². The van der Waals surface area contributed by atoms with Crippen molar-refractivity contribution < 1.29 is 34.1 Å². The SMILES string of the molecule is CC(C)(c1ccc(O)cc1)c1ccc(OC(=O)c2cccc(OC(=O)c3ccc(C(=O)O)s3)c2)cc1. The highest BCUT2D eigenvalue weighted by molar-refractivity contribution is 7.15. The van der Waals surface area contributed by atoms with Crippen molar-refractivity contribution in [3.8, 4) is 17.2 Å². The van der Waals surface area contributed by atoms with Crippen molar-refractivity contribution in [3.05, 3.63) is 111 Å². The lowest BCUT2D eigenvalue weighted by atomic mass is 9.78. The zero-order chi connectivity index (χ0) is 25.9. The van der Waals surface area contributed by atoms with Gasteiger partial charge in [-0.3, -0.25) is 0 Å². The highest BCUT2D eigenvalue weighted by Gasteiger charge is 2.23. The largest absolute Gasteiger partial charge is 0.508 e. The van der Waals surface area contributed by atoms with E-state index < -0.39 is 17.9 Å². The fraction of sp³-hybridized carbons (Fsp3) is 0.107. The van der Waals surface area contributed by atoms with Gasteiger partial charge in [-0.1, -0.05) is 44.2 Å². The number of aromatic carboxylic acids is 1. The molecule has 1 heterocycles. The summed E-state index contributed by atoms with van der Waals surface area (Å²) >= 11 is 0.806. The van der Waals surface area contributed by atoms with Crippen LogP contribution >= 0.6 is 11.3 Å². The molecule has 4 aromatic rings. The summed E-state index contributed by atoms with van der Waals surface area (Å²) in [5, 5.41) is 18.5. The van der Waals surface area contributed by atoms with E-state index in [-0.39, 0.29) is 32.2 Å². The summed E-state index contributed by atoms with van der Waals surface area (Å²) < 4.78 is 10.8. The van der Waals surface area contributed by atoms with Crippen LogP contribution in [-0.4, -0.2) is 28.1 Å². The van der Waals surface area contributed by atoms with Gasteiger partial charge in [0.15, 0.2) is 0 Å². The van der Waals surface area contributed by atoms with Crippen LogP contribution in [0.2, 0.25) is 0 Å². The number of aromatic hydroxyl groups is 1. The van der Waals surface area contributed by atoms with Gasteiger partial charge in [0.05, 0.1) is 5.56 Å². The maximum atomic E-state index is 12.7. The summed E-state index contributed by atoms with van der Waals surface area (Å²) in [6.07, 6.45) is 0. The smallest absolute Gasteiger partial charge is 0.353 e. The van der Waals surface area contributed by atoms with Crippen LogP contribution in [0.25, 0.3) is 0 Å². The monoisotopic (exact) mass is 502 g/mol. The Morgan fingerprint density at radius 2 is 1.31 bits per heavy atom. The minimum atomic E-state index is -1.12. The predicted octanol–water partition coefficient (Wildman–Crippen LogP) is 5.92. The summed E-state index contributed by atoms with van der Waals surface area (Å²) in [5.74, 6) is -1.78. The van der Waals surface area contributed by atoms with Crippen LogP contribution in [0.3, 0.4) is 0 Å². The first-order valence-electron chi connectivity index (χ1n) is 10.9. The van der Waals surface area contributed by atoms with Gasteiger partial charge in [0.2, 0.25) is 0 Å². The second-order valence-corrected chi connectivity index (χ2v) is 9.56. The van der Waals surface area contributed by atoms with Crippen molar-refractivity contribution >= 4 is 29.2 Å². The van der Waals surface area contributed by atoms with Crippen molar-refractivity contribution in [2.45, 2.75) is 19.3 Å². The van der Waals surface area contributed by atoms with Crippen LogP contribution in [-0.2, 0) is 5.41 Å². The van der Waals surface area contributed by atoms with Gasteiger partial charge in [0.25, 0.3) is 0 Å². The van der Waals surface area contributed by atoms with Crippen LogP contribution in [0, 0.1) is 0 Å². The van der Waals surface area contributed by atoms with Crippen molar-refractivity contribution in [2.75, 3.05) is 0 Å². The van der Waals surface area contributed by atoms with Crippen molar-refractivity contribution in [3.63, 3.8) is 0 Å². The van der Waals surface area contributed by atoms with E-state index in [4.69, 9.17) is 14.6 Å². The van der Waals surface area contributed by atoms with Crippen LogP contribution in [0.5, 0.6) is 17.2 Å². The molecule has 4 rings (SSSR count). The molecule has 1 aromatic heterocycles. The fourth-order valence-corrected chi connectivity index (χ4v) is 4.28. The fourth-order valence-electron chi connectivity index (χ4n) is 3.56. The number of rotatable bonds is 7. The number of thiophene rings is 1. The third kappa shape index (κ3) is 5.45. The molecule has 2 N–H and O–H groups in total. The zero-order valence-electron chi connectivity index (χ0n) is 19.4. The third-order valence-electron chi connectivity index (χ3n) is 5.67. The number of esters is 2. The van der Waals surface area contributed by atoms with Crippen LogP contribution in [0.4, 0.5) is 0 Å². The van der Waals surface area contributed by atoms with E-state index in [1.54, 1.807) is 30.3 Å². The van der Waals surface area contributed by atoms with E-state index in [0.29, 0.717) is 5.75 Å². The standard InChI is InChI=1S/C28H22O7S/c1-28(2,18-6-10-20(29)11-7-18)19-8-12-21(13-9-19)34-26(32)17-4-3-5-22(16-17)35-27(33)24-15-14-23(36-24)25(30)31/h3-16,29H,1-2H3,(H,30,31). The Bertz CT molecular complexity index is 1420.